The minimum absolute atomic E-state index is 0.0304. The average Bonchev–Trinajstić information content (AvgIpc) is 3.04. The first-order chi connectivity index (χ1) is 10.8. The summed E-state index contributed by atoms with van der Waals surface area (Å²) in [5.41, 5.74) is 1.55. The van der Waals surface area contributed by atoms with E-state index in [9.17, 15) is 4.79 Å². The minimum atomic E-state index is -0.0987. The molecule has 0 aliphatic carbocycles. The molecule has 116 valence electrons. The second-order valence-corrected chi connectivity index (χ2v) is 5.36. The first-order valence-electron chi connectivity index (χ1n) is 7.62. The van der Waals surface area contributed by atoms with Crippen LogP contribution in [0, 0.1) is 0 Å². The van der Waals surface area contributed by atoms with Gasteiger partial charge in [-0.1, -0.05) is 6.92 Å². The van der Waals surface area contributed by atoms with Crippen LogP contribution in [0.15, 0.2) is 36.8 Å². The summed E-state index contributed by atoms with van der Waals surface area (Å²) in [5, 5.41) is 4.35. The lowest BCUT2D eigenvalue weighted by Gasteiger charge is -2.32. The van der Waals surface area contributed by atoms with E-state index in [0.29, 0.717) is 25.4 Å². The topological polar surface area (TPSA) is 60.2 Å². The van der Waals surface area contributed by atoms with Crippen LogP contribution < -0.4 is 0 Å². The van der Waals surface area contributed by atoms with Crippen LogP contribution in [0.25, 0.3) is 0 Å². The van der Waals surface area contributed by atoms with Gasteiger partial charge in [0.2, 0.25) is 0 Å². The number of aryl methyl sites for hydroxylation is 1. The molecule has 2 aromatic heterocycles. The zero-order valence-electron chi connectivity index (χ0n) is 12.7. The van der Waals surface area contributed by atoms with Crippen molar-refractivity contribution in [2.45, 2.75) is 26.0 Å². The molecule has 3 heterocycles. The van der Waals surface area contributed by atoms with Crippen molar-refractivity contribution in [2.24, 2.45) is 0 Å². The molecule has 1 amide bonds. The highest BCUT2D eigenvalue weighted by Gasteiger charge is 2.27. The van der Waals surface area contributed by atoms with Crippen LogP contribution in [0.5, 0.6) is 0 Å². The molecule has 1 aliphatic rings. The summed E-state index contributed by atoms with van der Waals surface area (Å²) < 4.78 is 7.59. The number of hydrogen-bond donors (Lipinski definition) is 0. The van der Waals surface area contributed by atoms with Crippen molar-refractivity contribution in [1.29, 1.82) is 0 Å². The molecule has 6 heteroatoms. The maximum atomic E-state index is 12.6. The van der Waals surface area contributed by atoms with E-state index in [1.807, 2.05) is 27.9 Å². The van der Waals surface area contributed by atoms with E-state index in [1.165, 1.54) is 0 Å². The van der Waals surface area contributed by atoms with E-state index >= 15 is 0 Å². The summed E-state index contributed by atoms with van der Waals surface area (Å²) in [4.78, 5) is 18.4. The molecule has 6 nitrogen and oxygen atoms in total. The third kappa shape index (κ3) is 3.17. The monoisotopic (exact) mass is 300 g/mol. The maximum Gasteiger partial charge on any atom is 0.274 e. The normalized spacial score (nSPS) is 18.4. The lowest BCUT2D eigenvalue weighted by Crippen LogP contribution is -2.42. The second-order valence-electron chi connectivity index (χ2n) is 5.36. The molecule has 1 aliphatic heterocycles. The van der Waals surface area contributed by atoms with Crippen LogP contribution in [-0.2, 0) is 11.3 Å². The largest absolute Gasteiger partial charge is 0.370 e. The molecule has 0 saturated carbocycles. The molecule has 0 unspecified atom stereocenters. The van der Waals surface area contributed by atoms with Crippen LogP contribution in [0.1, 0.15) is 35.5 Å². The minimum Gasteiger partial charge on any atom is -0.370 e. The van der Waals surface area contributed by atoms with Gasteiger partial charge in [-0.2, -0.15) is 5.10 Å². The molecule has 1 saturated heterocycles. The van der Waals surface area contributed by atoms with Gasteiger partial charge in [-0.3, -0.25) is 14.5 Å². The van der Waals surface area contributed by atoms with E-state index in [1.54, 1.807) is 18.5 Å². The number of carbonyl (C=O) groups is 1. The van der Waals surface area contributed by atoms with Gasteiger partial charge in [0, 0.05) is 31.7 Å². The Morgan fingerprint density at radius 2 is 2.18 bits per heavy atom. The van der Waals surface area contributed by atoms with Gasteiger partial charge in [-0.25, -0.2) is 0 Å². The van der Waals surface area contributed by atoms with Crippen molar-refractivity contribution in [3.63, 3.8) is 0 Å². The molecule has 1 fully saturated rings. The molecule has 0 radical (unpaired) electrons. The van der Waals surface area contributed by atoms with Crippen LogP contribution in [-0.4, -0.2) is 45.3 Å². The van der Waals surface area contributed by atoms with E-state index in [4.69, 9.17) is 4.74 Å². The lowest BCUT2D eigenvalue weighted by molar-refractivity contribution is -0.0230. The Hall–Kier alpha value is -2.21. The number of carbonyl (C=O) groups excluding carboxylic acids is 1. The number of hydrogen-bond acceptors (Lipinski definition) is 4. The number of pyridine rings is 1. The van der Waals surface area contributed by atoms with Gasteiger partial charge >= 0.3 is 0 Å². The molecule has 3 rings (SSSR count). The van der Waals surface area contributed by atoms with Gasteiger partial charge in [-0.15, -0.1) is 0 Å². The van der Waals surface area contributed by atoms with Crippen molar-refractivity contribution in [2.75, 3.05) is 19.7 Å². The number of rotatable bonds is 4. The first kappa shape index (κ1) is 14.7. The Morgan fingerprint density at radius 3 is 2.95 bits per heavy atom. The molecular formula is C16H20N4O2. The third-order valence-electron chi connectivity index (χ3n) is 3.74. The van der Waals surface area contributed by atoms with Gasteiger partial charge in [0.05, 0.1) is 13.2 Å². The predicted octanol–water partition coefficient (Wildman–Crippen LogP) is 1.90. The molecule has 0 bridgehead atoms. The van der Waals surface area contributed by atoms with Gasteiger partial charge in [0.1, 0.15) is 11.8 Å². The standard InChI is InChI=1S/C16H20N4O2/c1-2-8-20-9-5-14(18-20)16(21)19-10-11-22-15(12-19)13-3-6-17-7-4-13/h3-7,9,15H,2,8,10-12H2,1H3/t15-/m1/s1. The Kier molecular flexibility index (Phi) is 4.48. The summed E-state index contributed by atoms with van der Waals surface area (Å²) in [7, 11) is 0. The maximum absolute atomic E-state index is 12.6. The molecule has 1 atom stereocenters. The number of ether oxygens (including phenoxy) is 1. The van der Waals surface area contributed by atoms with Gasteiger partial charge in [0.15, 0.2) is 0 Å². The zero-order chi connectivity index (χ0) is 15.4. The van der Waals surface area contributed by atoms with Crippen molar-refractivity contribution in [1.82, 2.24) is 19.7 Å². The highest BCUT2D eigenvalue weighted by Crippen LogP contribution is 2.22. The lowest BCUT2D eigenvalue weighted by atomic mass is 10.1. The zero-order valence-corrected chi connectivity index (χ0v) is 12.7. The van der Waals surface area contributed by atoms with Crippen LogP contribution in [0.4, 0.5) is 0 Å². The van der Waals surface area contributed by atoms with Gasteiger partial charge < -0.3 is 9.64 Å². The molecular weight excluding hydrogens is 280 g/mol. The molecule has 22 heavy (non-hydrogen) atoms. The van der Waals surface area contributed by atoms with Crippen molar-refractivity contribution in [3.05, 3.63) is 48.0 Å². The highest BCUT2D eigenvalue weighted by molar-refractivity contribution is 5.92. The fourth-order valence-corrected chi connectivity index (χ4v) is 2.60. The summed E-state index contributed by atoms with van der Waals surface area (Å²) in [5.74, 6) is -0.0304. The van der Waals surface area contributed by atoms with E-state index < -0.39 is 0 Å². The van der Waals surface area contributed by atoms with Crippen LogP contribution in [0.3, 0.4) is 0 Å². The van der Waals surface area contributed by atoms with Crippen molar-refractivity contribution < 1.29 is 9.53 Å². The SMILES string of the molecule is CCCn1ccc(C(=O)N2CCO[C@@H](c3ccncc3)C2)n1. The van der Waals surface area contributed by atoms with Crippen LogP contribution >= 0.6 is 0 Å². The fraction of sp³-hybridized carbons (Fsp3) is 0.438. The Morgan fingerprint density at radius 1 is 1.36 bits per heavy atom. The smallest absolute Gasteiger partial charge is 0.274 e. The summed E-state index contributed by atoms with van der Waals surface area (Å²) in [6.07, 6.45) is 6.24. The third-order valence-corrected chi connectivity index (χ3v) is 3.74. The number of nitrogens with zero attached hydrogens (tertiary/aromatic N) is 4. The Bertz CT molecular complexity index is 626. The van der Waals surface area contributed by atoms with E-state index in [-0.39, 0.29) is 12.0 Å². The van der Waals surface area contributed by atoms with Gasteiger partial charge in [-0.05, 0) is 30.2 Å². The molecule has 0 spiro atoms. The first-order valence-corrected chi connectivity index (χ1v) is 7.62. The summed E-state index contributed by atoms with van der Waals surface area (Å²) in [6.45, 7) is 4.60. The molecule has 2 aromatic rings. The second kappa shape index (κ2) is 6.70. The average molecular weight is 300 g/mol. The van der Waals surface area contributed by atoms with Gasteiger partial charge in [0.25, 0.3) is 5.91 Å². The van der Waals surface area contributed by atoms with Crippen LogP contribution in [0.2, 0.25) is 0 Å². The number of amides is 1. The highest BCUT2D eigenvalue weighted by atomic mass is 16.5. The Labute approximate surface area is 129 Å². The van der Waals surface area contributed by atoms with E-state index in [0.717, 1.165) is 18.5 Å². The number of aromatic nitrogens is 3. The predicted molar refractivity (Wildman–Crippen MR) is 81.4 cm³/mol. The number of morpholine rings is 1. The van der Waals surface area contributed by atoms with Crippen molar-refractivity contribution in [3.8, 4) is 0 Å². The molecule has 0 aromatic carbocycles. The summed E-state index contributed by atoms with van der Waals surface area (Å²) >= 11 is 0. The quantitative estimate of drug-likeness (QED) is 0.865. The summed E-state index contributed by atoms with van der Waals surface area (Å²) in [6, 6.07) is 5.64. The molecule has 0 N–H and O–H groups in total. The fourth-order valence-electron chi connectivity index (χ4n) is 2.60. The Balaban J connectivity index is 1.69. The van der Waals surface area contributed by atoms with E-state index in [2.05, 4.69) is 17.0 Å². The van der Waals surface area contributed by atoms with Crippen molar-refractivity contribution >= 4 is 5.91 Å².